The van der Waals surface area contributed by atoms with Crippen LogP contribution in [0, 0.1) is 6.92 Å². The maximum atomic E-state index is 13.4. The van der Waals surface area contributed by atoms with E-state index in [1.54, 1.807) is 36.9 Å². The second kappa shape index (κ2) is 13.6. The summed E-state index contributed by atoms with van der Waals surface area (Å²) in [5.41, 5.74) is 3.00. The number of carbonyl (C=O) groups excluding carboxylic acids is 2. The predicted molar refractivity (Wildman–Crippen MR) is 155 cm³/mol. The zero-order valence-corrected chi connectivity index (χ0v) is 24.7. The molecule has 9 nitrogen and oxygen atoms in total. The van der Waals surface area contributed by atoms with Crippen molar-refractivity contribution in [2.45, 2.75) is 64.7 Å². The number of hydrogen-bond donors (Lipinski definition) is 3. The first-order chi connectivity index (χ1) is 18.7. The van der Waals surface area contributed by atoms with Crippen molar-refractivity contribution in [2.24, 2.45) is 0 Å². The lowest BCUT2D eigenvalue weighted by Gasteiger charge is -2.41. The molecular weight excluding hydrogens is 557 g/mol. The normalized spacial score (nSPS) is 16.0. The average Bonchev–Trinajstić information content (AvgIpc) is 3.61. The van der Waals surface area contributed by atoms with Crippen LogP contribution in [0.1, 0.15) is 66.3 Å². The van der Waals surface area contributed by atoms with Crippen LogP contribution in [0.2, 0.25) is 10.3 Å². The fourth-order valence-corrected chi connectivity index (χ4v) is 6.25. The summed E-state index contributed by atoms with van der Waals surface area (Å²) in [5, 5.41) is 10.6. The van der Waals surface area contributed by atoms with Crippen molar-refractivity contribution in [1.29, 1.82) is 0 Å². The quantitative estimate of drug-likeness (QED) is 0.273. The lowest BCUT2D eigenvalue weighted by atomic mass is 10.0. The van der Waals surface area contributed by atoms with E-state index < -0.39 is 0 Å². The number of hydrogen-bond acceptors (Lipinski definition) is 6. The number of halogens is 2. The Hall–Kier alpha value is -2.66. The topological polar surface area (TPSA) is 106 Å². The highest BCUT2D eigenvalue weighted by molar-refractivity contribution is 7.07. The highest BCUT2D eigenvalue weighted by Crippen LogP contribution is 2.24. The number of aromatic nitrogens is 3. The van der Waals surface area contributed by atoms with Crippen LogP contribution in [-0.2, 0) is 6.54 Å². The third-order valence-electron chi connectivity index (χ3n) is 7.28. The van der Waals surface area contributed by atoms with Crippen LogP contribution in [0.3, 0.4) is 0 Å². The van der Waals surface area contributed by atoms with E-state index in [0.717, 1.165) is 43.6 Å². The first-order valence-corrected chi connectivity index (χ1v) is 14.8. The molecule has 3 aromatic heterocycles. The molecule has 1 fully saturated rings. The summed E-state index contributed by atoms with van der Waals surface area (Å²) < 4.78 is 0. The van der Waals surface area contributed by atoms with E-state index in [2.05, 4.69) is 48.9 Å². The third-order valence-corrected chi connectivity index (χ3v) is 8.48. The van der Waals surface area contributed by atoms with Gasteiger partial charge in [0.15, 0.2) is 0 Å². The van der Waals surface area contributed by atoms with Crippen LogP contribution in [0.15, 0.2) is 35.4 Å². The van der Waals surface area contributed by atoms with Crippen LogP contribution in [-0.4, -0.2) is 68.4 Å². The molecule has 1 aliphatic heterocycles. The van der Waals surface area contributed by atoms with Crippen molar-refractivity contribution in [1.82, 2.24) is 35.4 Å². The minimum Gasteiger partial charge on any atom is -0.352 e. The van der Waals surface area contributed by atoms with Gasteiger partial charge in [-0.15, -0.1) is 0 Å². The summed E-state index contributed by atoms with van der Waals surface area (Å²) in [6.07, 6.45) is 5.99. The van der Waals surface area contributed by atoms with Gasteiger partial charge in [0.05, 0.1) is 23.6 Å². The summed E-state index contributed by atoms with van der Waals surface area (Å²) in [7, 11) is 0. The van der Waals surface area contributed by atoms with Crippen LogP contribution in [0.5, 0.6) is 0 Å². The lowest BCUT2D eigenvalue weighted by molar-refractivity contribution is 0.0900. The number of aryl methyl sites for hydroxylation is 1. The number of amides is 3. The smallest absolute Gasteiger partial charge is 0.318 e. The molecule has 210 valence electrons. The Balaban J connectivity index is 1.29. The van der Waals surface area contributed by atoms with E-state index in [4.69, 9.17) is 23.2 Å². The molecule has 0 saturated carbocycles. The number of imidazole rings is 1. The van der Waals surface area contributed by atoms with Crippen LogP contribution in [0.25, 0.3) is 0 Å². The Morgan fingerprint density at radius 2 is 2.05 bits per heavy atom. The molecule has 3 N–H and O–H groups in total. The molecule has 4 heterocycles. The number of carbonyl (C=O) groups is 2. The summed E-state index contributed by atoms with van der Waals surface area (Å²) >= 11 is 13.7. The van der Waals surface area contributed by atoms with Gasteiger partial charge < -0.3 is 25.4 Å². The number of rotatable bonds is 10. The molecule has 0 aromatic carbocycles. The number of nitrogens with one attached hydrogen (secondary N) is 3. The maximum absolute atomic E-state index is 13.4. The fraction of sp³-hybridized carbons (Fsp3) is 0.481. The molecule has 1 saturated heterocycles. The molecule has 12 heteroatoms. The van der Waals surface area contributed by atoms with Crippen molar-refractivity contribution >= 4 is 46.5 Å². The summed E-state index contributed by atoms with van der Waals surface area (Å²) in [5.74, 6) is -0.244. The minimum atomic E-state index is -0.244. The Labute approximate surface area is 243 Å². The molecule has 0 radical (unpaired) electrons. The van der Waals surface area contributed by atoms with Gasteiger partial charge >= 0.3 is 6.03 Å². The zero-order chi connectivity index (χ0) is 27.9. The Morgan fingerprint density at radius 1 is 1.28 bits per heavy atom. The largest absolute Gasteiger partial charge is 0.352 e. The number of H-pyrrole nitrogens is 1. The first kappa shape index (κ1) is 29.3. The van der Waals surface area contributed by atoms with Crippen molar-refractivity contribution in [2.75, 3.05) is 19.6 Å². The highest BCUT2D eigenvalue weighted by atomic mass is 35.5. The standard InChI is InChI=1S/C27H35Cl2N7O2S/c1-17-12-23(28)34-25(29)24(17)26(37)31-8-4-18(2)35-9-5-21(6-10-35)36(14-20-7-11-39-15-20)27(38)33-19(3)22-13-30-16-32-22/h7,11-13,15-16,18-19,21H,4-6,8-10,14H2,1-3H3,(H,30,32)(H,31,37)(H,33,38)/t18-,19?/m1/s1. The lowest BCUT2D eigenvalue weighted by Crippen LogP contribution is -2.52. The second-order valence-electron chi connectivity index (χ2n) is 10.0. The molecule has 2 atom stereocenters. The molecule has 39 heavy (non-hydrogen) atoms. The van der Waals surface area contributed by atoms with Crippen molar-refractivity contribution in [3.05, 3.63) is 68.1 Å². The SMILES string of the molecule is Cc1cc(Cl)nc(Cl)c1C(=O)NCC[C@@H](C)N1CCC(N(Cc2ccsc2)C(=O)NC(C)c2c[nH]cn2)CC1. The van der Waals surface area contributed by atoms with Gasteiger partial charge in [-0.3, -0.25) is 4.79 Å². The number of aromatic amines is 1. The Morgan fingerprint density at radius 3 is 2.69 bits per heavy atom. The van der Waals surface area contributed by atoms with Gasteiger partial charge in [0.25, 0.3) is 5.91 Å². The molecule has 0 aliphatic carbocycles. The van der Waals surface area contributed by atoms with Crippen LogP contribution >= 0.6 is 34.5 Å². The number of thiophene rings is 1. The van der Waals surface area contributed by atoms with Crippen LogP contribution < -0.4 is 10.6 Å². The van der Waals surface area contributed by atoms with E-state index in [0.29, 0.717) is 24.2 Å². The highest BCUT2D eigenvalue weighted by Gasteiger charge is 2.30. The number of nitrogens with zero attached hydrogens (tertiary/aromatic N) is 4. The van der Waals surface area contributed by atoms with Crippen molar-refractivity contribution in [3.63, 3.8) is 0 Å². The maximum Gasteiger partial charge on any atom is 0.318 e. The van der Waals surface area contributed by atoms with Crippen LogP contribution in [0.4, 0.5) is 4.79 Å². The summed E-state index contributed by atoms with van der Waals surface area (Å²) in [4.78, 5) is 41.7. The molecule has 3 aromatic rings. The molecule has 4 rings (SSSR count). The molecule has 1 unspecified atom stereocenters. The van der Waals surface area contributed by atoms with Gasteiger partial charge in [-0.1, -0.05) is 23.2 Å². The van der Waals surface area contributed by atoms with Gasteiger partial charge in [0, 0.05) is 44.5 Å². The molecule has 3 amide bonds. The van der Waals surface area contributed by atoms with Crippen molar-refractivity contribution < 1.29 is 9.59 Å². The third kappa shape index (κ3) is 7.72. The van der Waals surface area contributed by atoms with E-state index >= 15 is 0 Å². The van der Waals surface area contributed by atoms with E-state index in [9.17, 15) is 9.59 Å². The molecule has 1 aliphatic rings. The average molecular weight is 593 g/mol. The number of pyridine rings is 1. The summed E-state index contributed by atoms with van der Waals surface area (Å²) in [6.45, 7) is 8.78. The fourth-order valence-electron chi connectivity index (χ4n) is 4.97. The van der Waals surface area contributed by atoms with Gasteiger partial charge in [-0.25, -0.2) is 14.8 Å². The molecular formula is C27H35Cl2N7O2S. The van der Waals surface area contributed by atoms with Gasteiger partial charge in [0.1, 0.15) is 10.3 Å². The minimum absolute atomic E-state index is 0.0726. The zero-order valence-electron chi connectivity index (χ0n) is 22.4. The second-order valence-corrected chi connectivity index (χ2v) is 11.5. The molecule has 0 spiro atoms. The predicted octanol–water partition coefficient (Wildman–Crippen LogP) is 5.43. The Kier molecular flexibility index (Phi) is 10.2. The van der Waals surface area contributed by atoms with Crippen molar-refractivity contribution in [3.8, 4) is 0 Å². The van der Waals surface area contributed by atoms with E-state index in [-0.39, 0.29) is 40.4 Å². The monoisotopic (exact) mass is 591 g/mol. The summed E-state index contributed by atoms with van der Waals surface area (Å²) in [6, 6.07) is 3.87. The molecule has 0 bridgehead atoms. The van der Waals surface area contributed by atoms with E-state index in [1.165, 1.54) is 0 Å². The van der Waals surface area contributed by atoms with E-state index in [1.807, 2.05) is 17.2 Å². The number of urea groups is 1. The van der Waals surface area contributed by atoms with Gasteiger partial charge in [0.2, 0.25) is 0 Å². The van der Waals surface area contributed by atoms with Gasteiger partial charge in [-0.2, -0.15) is 11.3 Å². The van der Waals surface area contributed by atoms with Gasteiger partial charge in [-0.05, 0) is 74.1 Å². The number of likely N-dealkylation sites (tertiary alicyclic amines) is 1. The Bertz CT molecular complexity index is 1210. The first-order valence-electron chi connectivity index (χ1n) is 13.1. The number of piperidine rings is 1.